The molecule has 1 aromatic heterocycles. The van der Waals surface area contributed by atoms with Crippen LogP contribution in [0.1, 0.15) is 10.5 Å². The van der Waals surface area contributed by atoms with Gasteiger partial charge in [-0.05, 0) is 30.3 Å². The van der Waals surface area contributed by atoms with Crippen molar-refractivity contribution in [2.45, 2.75) is 6.61 Å². The molecule has 2 rings (SSSR count). The van der Waals surface area contributed by atoms with E-state index in [0.717, 1.165) is 0 Å². The predicted octanol–water partition coefficient (Wildman–Crippen LogP) is 2.45. The van der Waals surface area contributed by atoms with Crippen LogP contribution in [0.3, 0.4) is 0 Å². The maximum atomic E-state index is 11.9. The molecule has 0 fully saturated rings. The summed E-state index contributed by atoms with van der Waals surface area (Å²) < 4.78 is 28.1. The van der Waals surface area contributed by atoms with Crippen LogP contribution in [0.2, 0.25) is 0 Å². The lowest BCUT2D eigenvalue weighted by molar-refractivity contribution is -0.0498. The number of nitrogens with two attached hydrogens (primary N) is 1. The second-order valence-electron chi connectivity index (χ2n) is 3.70. The summed E-state index contributed by atoms with van der Waals surface area (Å²) in [5.74, 6) is -0.351. The van der Waals surface area contributed by atoms with Gasteiger partial charge in [0.05, 0.1) is 0 Å². The minimum atomic E-state index is -2.87. The standard InChI is InChI=1S/C12H11F2N3O2/c13-12(14)19-9-3-1-8(2-4-9)17-11(18)10-5-7(15)6-16-10/h1-6,12,16H,15H2,(H,17,18). The number of anilines is 2. The van der Waals surface area contributed by atoms with Gasteiger partial charge < -0.3 is 20.8 Å². The molecule has 0 radical (unpaired) electrons. The van der Waals surface area contributed by atoms with Gasteiger partial charge in [-0.2, -0.15) is 8.78 Å². The third-order valence-corrected chi connectivity index (χ3v) is 2.29. The van der Waals surface area contributed by atoms with E-state index < -0.39 is 6.61 Å². The molecule has 100 valence electrons. The number of alkyl halides is 2. The highest BCUT2D eigenvalue weighted by Gasteiger charge is 2.08. The Balaban J connectivity index is 2.01. The van der Waals surface area contributed by atoms with Crippen LogP contribution in [-0.4, -0.2) is 17.5 Å². The second kappa shape index (κ2) is 5.38. The third-order valence-electron chi connectivity index (χ3n) is 2.29. The molecule has 0 atom stereocenters. The SMILES string of the molecule is Nc1c[nH]c(C(=O)Nc2ccc(OC(F)F)cc2)c1. The molecule has 5 nitrogen and oxygen atoms in total. The summed E-state index contributed by atoms with van der Waals surface area (Å²) in [7, 11) is 0. The molecular formula is C12H11F2N3O2. The van der Waals surface area contributed by atoms with Crippen LogP contribution < -0.4 is 15.8 Å². The summed E-state index contributed by atoms with van der Waals surface area (Å²) in [6.45, 7) is -2.87. The van der Waals surface area contributed by atoms with E-state index in [1.807, 2.05) is 0 Å². The number of rotatable bonds is 4. The van der Waals surface area contributed by atoms with Gasteiger partial charge in [0, 0.05) is 17.6 Å². The van der Waals surface area contributed by atoms with Gasteiger partial charge in [-0.3, -0.25) is 4.79 Å². The number of nitrogens with one attached hydrogen (secondary N) is 2. The Labute approximate surface area is 107 Å². The summed E-state index contributed by atoms with van der Waals surface area (Å²) in [6, 6.07) is 7.09. The average molecular weight is 267 g/mol. The Kier molecular flexibility index (Phi) is 3.65. The molecule has 7 heteroatoms. The lowest BCUT2D eigenvalue weighted by atomic mass is 10.3. The molecule has 1 heterocycles. The number of carbonyl (C=O) groups excluding carboxylic acids is 1. The number of benzene rings is 1. The van der Waals surface area contributed by atoms with E-state index in [1.54, 1.807) is 0 Å². The summed E-state index contributed by atoms with van der Waals surface area (Å²) in [5, 5.41) is 2.58. The van der Waals surface area contributed by atoms with Crippen molar-refractivity contribution in [1.29, 1.82) is 0 Å². The molecule has 0 saturated heterocycles. The Bertz CT molecular complexity index is 567. The molecule has 0 aliphatic heterocycles. The van der Waals surface area contributed by atoms with Gasteiger partial charge in [0.15, 0.2) is 0 Å². The van der Waals surface area contributed by atoms with E-state index in [9.17, 15) is 13.6 Å². The van der Waals surface area contributed by atoms with Gasteiger partial charge in [0.2, 0.25) is 0 Å². The van der Waals surface area contributed by atoms with Crippen molar-refractivity contribution in [2.75, 3.05) is 11.1 Å². The minimum absolute atomic E-state index is 0.0251. The third kappa shape index (κ3) is 3.44. The van der Waals surface area contributed by atoms with Crippen LogP contribution in [0.5, 0.6) is 5.75 Å². The normalized spacial score (nSPS) is 10.5. The number of halogens is 2. The fourth-order valence-electron chi connectivity index (χ4n) is 1.46. The fourth-order valence-corrected chi connectivity index (χ4v) is 1.46. The van der Waals surface area contributed by atoms with Crippen molar-refractivity contribution < 1.29 is 18.3 Å². The number of aromatic nitrogens is 1. The van der Waals surface area contributed by atoms with Crippen LogP contribution in [0.15, 0.2) is 36.5 Å². The first-order valence-electron chi connectivity index (χ1n) is 5.35. The Morgan fingerprint density at radius 1 is 1.32 bits per heavy atom. The van der Waals surface area contributed by atoms with E-state index in [4.69, 9.17) is 5.73 Å². The van der Waals surface area contributed by atoms with Crippen molar-refractivity contribution in [2.24, 2.45) is 0 Å². The number of nitrogen functional groups attached to an aromatic ring is 1. The van der Waals surface area contributed by atoms with Crippen molar-refractivity contribution in [1.82, 2.24) is 4.98 Å². The fraction of sp³-hybridized carbons (Fsp3) is 0.0833. The lowest BCUT2D eigenvalue weighted by Gasteiger charge is -2.06. The number of aromatic amines is 1. The van der Waals surface area contributed by atoms with E-state index in [2.05, 4.69) is 15.0 Å². The first-order chi connectivity index (χ1) is 9.04. The molecule has 4 N–H and O–H groups in total. The zero-order chi connectivity index (χ0) is 13.8. The Morgan fingerprint density at radius 3 is 2.53 bits per heavy atom. The van der Waals surface area contributed by atoms with Gasteiger partial charge in [0.1, 0.15) is 11.4 Å². The Hall–Kier alpha value is -2.57. The lowest BCUT2D eigenvalue weighted by Crippen LogP contribution is -2.12. The summed E-state index contributed by atoms with van der Waals surface area (Å²) >= 11 is 0. The first kappa shape index (κ1) is 12.9. The molecule has 2 aromatic rings. The van der Waals surface area contributed by atoms with Crippen LogP contribution >= 0.6 is 0 Å². The van der Waals surface area contributed by atoms with Gasteiger partial charge in [0.25, 0.3) is 5.91 Å². The van der Waals surface area contributed by atoms with Crippen molar-refractivity contribution in [3.63, 3.8) is 0 Å². The van der Waals surface area contributed by atoms with Gasteiger partial charge >= 0.3 is 6.61 Å². The smallest absolute Gasteiger partial charge is 0.387 e. The average Bonchev–Trinajstić information content (AvgIpc) is 2.78. The maximum absolute atomic E-state index is 11.9. The zero-order valence-electron chi connectivity index (χ0n) is 9.69. The molecule has 1 amide bonds. The maximum Gasteiger partial charge on any atom is 0.387 e. The van der Waals surface area contributed by atoms with Crippen LogP contribution in [0, 0.1) is 0 Å². The minimum Gasteiger partial charge on any atom is -0.435 e. The molecule has 0 aliphatic rings. The van der Waals surface area contributed by atoms with Crippen LogP contribution in [0.4, 0.5) is 20.2 Å². The predicted molar refractivity (Wildman–Crippen MR) is 66.2 cm³/mol. The Morgan fingerprint density at radius 2 is 2.00 bits per heavy atom. The number of ether oxygens (including phenoxy) is 1. The molecule has 19 heavy (non-hydrogen) atoms. The quantitative estimate of drug-likeness (QED) is 0.796. The van der Waals surface area contributed by atoms with E-state index in [1.165, 1.54) is 36.5 Å². The largest absolute Gasteiger partial charge is 0.435 e. The molecule has 0 unspecified atom stereocenters. The molecule has 0 bridgehead atoms. The highest BCUT2D eigenvalue weighted by molar-refractivity contribution is 6.03. The van der Waals surface area contributed by atoms with Crippen molar-refractivity contribution in [3.8, 4) is 5.75 Å². The van der Waals surface area contributed by atoms with Gasteiger partial charge in [-0.15, -0.1) is 0 Å². The highest BCUT2D eigenvalue weighted by atomic mass is 19.3. The second-order valence-corrected chi connectivity index (χ2v) is 3.70. The highest BCUT2D eigenvalue weighted by Crippen LogP contribution is 2.18. The molecule has 0 spiro atoms. The molecular weight excluding hydrogens is 256 g/mol. The van der Waals surface area contributed by atoms with Crippen molar-refractivity contribution >= 4 is 17.3 Å². The number of hydrogen-bond acceptors (Lipinski definition) is 3. The summed E-state index contributed by atoms with van der Waals surface area (Å²) in [4.78, 5) is 14.4. The zero-order valence-corrected chi connectivity index (χ0v) is 9.69. The summed E-state index contributed by atoms with van der Waals surface area (Å²) in [6.07, 6.45) is 1.49. The number of amides is 1. The monoisotopic (exact) mass is 267 g/mol. The van der Waals surface area contributed by atoms with E-state index in [0.29, 0.717) is 17.1 Å². The topological polar surface area (TPSA) is 80.1 Å². The molecule has 0 saturated carbocycles. The molecule has 0 aliphatic carbocycles. The number of hydrogen-bond donors (Lipinski definition) is 3. The van der Waals surface area contributed by atoms with Gasteiger partial charge in [-0.25, -0.2) is 0 Å². The van der Waals surface area contributed by atoms with E-state index in [-0.39, 0.29) is 11.7 Å². The van der Waals surface area contributed by atoms with E-state index >= 15 is 0 Å². The summed E-state index contributed by atoms with van der Waals surface area (Å²) in [5.41, 5.74) is 6.70. The van der Waals surface area contributed by atoms with Crippen LogP contribution in [0.25, 0.3) is 0 Å². The number of H-pyrrole nitrogens is 1. The van der Waals surface area contributed by atoms with Gasteiger partial charge in [-0.1, -0.05) is 0 Å². The molecule has 1 aromatic carbocycles. The number of carbonyl (C=O) groups is 1. The van der Waals surface area contributed by atoms with Crippen LogP contribution in [-0.2, 0) is 0 Å². The first-order valence-corrected chi connectivity index (χ1v) is 5.35. The van der Waals surface area contributed by atoms with Crippen molar-refractivity contribution in [3.05, 3.63) is 42.2 Å².